The molecule has 1 amide bonds. The number of nitrogens with zero attached hydrogens (tertiary/aromatic N) is 5. The first-order chi connectivity index (χ1) is 13.5. The number of amidine groups is 1. The van der Waals surface area contributed by atoms with E-state index < -0.39 is 36.4 Å². The van der Waals surface area contributed by atoms with Crippen LogP contribution in [-0.2, 0) is 0 Å². The van der Waals surface area contributed by atoms with E-state index >= 15 is 0 Å². The van der Waals surface area contributed by atoms with Crippen LogP contribution in [0.15, 0.2) is 34.5 Å². The van der Waals surface area contributed by atoms with E-state index in [2.05, 4.69) is 25.1 Å². The lowest BCUT2D eigenvalue weighted by atomic mass is 10.2. The second kappa shape index (κ2) is 7.42. The van der Waals surface area contributed by atoms with Crippen molar-refractivity contribution < 1.29 is 31.1 Å². The summed E-state index contributed by atoms with van der Waals surface area (Å²) < 4.78 is 81.7. The molecule has 0 bridgehead atoms. The Kier molecular flexibility index (Phi) is 5.30. The average molecular weight is 436 g/mol. The summed E-state index contributed by atoms with van der Waals surface area (Å²) in [6, 6.07) is 4.77. The van der Waals surface area contributed by atoms with E-state index in [9.17, 15) is 31.1 Å². The summed E-state index contributed by atoms with van der Waals surface area (Å²) in [6.45, 7) is 0.426. The normalized spacial score (nSPS) is 15.1. The molecule has 0 saturated carbocycles. The molecule has 1 N–H and O–H groups in total. The minimum absolute atomic E-state index is 0.202. The molecular weight excluding hydrogens is 426 g/mol. The Morgan fingerprint density at radius 2 is 1.72 bits per heavy atom. The molecule has 1 aromatic carbocycles. The molecule has 154 valence electrons. The predicted octanol–water partition coefficient (Wildman–Crippen LogP) is 3.80. The molecule has 14 heteroatoms. The topological polar surface area (TPSA) is 82.8 Å². The molecule has 0 fully saturated rings. The Bertz CT molecular complexity index is 978. The molecule has 2 aromatic rings. The van der Waals surface area contributed by atoms with E-state index in [1.54, 1.807) is 6.92 Å². The summed E-state index contributed by atoms with van der Waals surface area (Å²) >= 11 is 0.866. The van der Waals surface area contributed by atoms with Crippen LogP contribution in [0.1, 0.15) is 15.4 Å². The number of carbonyl (C=O) groups is 1. The first-order valence-electron chi connectivity index (χ1n) is 7.73. The van der Waals surface area contributed by atoms with Crippen molar-refractivity contribution in [1.29, 1.82) is 0 Å². The van der Waals surface area contributed by atoms with E-state index in [1.165, 1.54) is 12.1 Å². The molecule has 0 radical (unpaired) electrons. The Labute approximate surface area is 162 Å². The lowest BCUT2D eigenvalue weighted by Gasteiger charge is -2.30. The Hall–Kier alpha value is -3.03. The number of halogens is 6. The number of alkyl halides is 6. The number of nitrogens with one attached hydrogen (secondary N) is 1. The van der Waals surface area contributed by atoms with E-state index in [0.29, 0.717) is 10.6 Å². The SMILES string of the molecule is Cc1nnsc1C(=O)Nc1ccc(N2CC(C(F)(F)F)=NN=C2C(F)(F)F)cc1. The quantitative estimate of drug-likeness (QED) is 0.743. The van der Waals surface area contributed by atoms with Crippen molar-refractivity contribution in [2.45, 2.75) is 19.3 Å². The number of amides is 1. The summed E-state index contributed by atoms with van der Waals surface area (Å²) in [4.78, 5) is 12.7. The Morgan fingerprint density at radius 3 is 2.24 bits per heavy atom. The fourth-order valence-corrected chi connectivity index (χ4v) is 2.89. The van der Waals surface area contributed by atoms with Crippen LogP contribution in [0.4, 0.5) is 37.7 Å². The van der Waals surface area contributed by atoms with Gasteiger partial charge < -0.3 is 10.2 Å². The van der Waals surface area contributed by atoms with Gasteiger partial charge >= 0.3 is 12.4 Å². The number of hydrogen-bond donors (Lipinski definition) is 1. The van der Waals surface area contributed by atoms with Gasteiger partial charge in [0.25, 0.3) is 5.91 Å². The van der Waals surface area contributed by atoms with Crippen LogP contribution < -0.4 is 10.2 Å². The third-order valence-corrected chi connectivity index (χ3v) is 4.53. The summed E-state index contributed by atoms with van der Waals surface area (Å²) in [5.41, 5.74) is -1.04. The fraction of sp³-hybridized carbons (Fsp3) is 0.267. The van der Waals surface area contributed by atoms with Crippen molar-refractivity contribution in [2.24, 2.45) is 10.2 Å². The number of carbonyl (C=O) groups excluding carboxylic acids is 1. The minimum Gasteiger partial charge on any atom is -0.321 e. The van der Waals surface area contributed by atoms with Crippen LogP contribution in [0.25, 0.3) is 0 Å². The zero-order chi connectivity index (χ0) is 21.4. The highest BCUT2D eigenvalue weighted by atomic mass is 32.1. The molecule has 7 nitrogen and oxygen atoms in total. The third kappa shape index (κ3) is 4.52. The molecule has 0 spiro atoms. The van der Waals surface area contributed by atoms with Crippen molar-refractivity contribution in [3.63, 3.8) is 0 Å². The van der Waals surface area contributed by atoms with Gasteiger partial charge in [-0.15, -0.1) is 15.3 Å². The number of hydrogen-bond acceptors (Lipinski definition) is 7. The third-order valence-electron chi connectivity index (χ3n) is 3.70. The molecular formula is C15H10F6N6OS. The molecule has 0 saturated heterocycles. The Balaban J connectivity index is 1.84. The number of aryl methyl sites for hydroxylation is 1. The summed E-state index contributed by atoms with van der Waals surface area (Å²) in [6.07, 6.45) is -9.93. The molecule has 0 atom stereocenters. The van der Waals surface area contributed by atoms with Crippen LogP contribution >= 0.6 is 11.5 Å². The maximum absolute atomic E-state index is 13.2. The highest BCUT2D eigenvalue weighted by molar-refractivity contribution is 7.08. The van der Waals surface area contributed by atoms with E-state index in [4.69, 9.17) is 0 Å². The fourth-order valence-electron chi connectivity index (χ4n) is 2.34. The monoisotopic (exact) mass is 436 g/mol. The van der Waals surface area contributed by atoms with Gasteiger partial charge in [0.15, 0.2) is 5.71 Å². The van der Waals surface area contributed by atoms with Gasteiger partial charge in [-0.25, -0.2) is 0 Å². The smallest absolute Gasteiger partial charge is 0.321 e. The first-order valence-corrected chi connectivity index (χ1v) is 8.51. The van der Waals surface area contributed by atoms with Gasteiger partial charge in [0.1, 0.15) is 4.88 Å². The summed E-state index contributed by atoms with van der Waals surface area (Å²) in [5, 5.41) is 11.6. The van der Waals surface area contributed by atoms with Gasteiger partial charge in [0.2, 0.25) is 5.84 Å². The molecule has 1 aliphatic rings. The van der Waals surface area contributed by atoms with Crippen molar-refractivity contribution in [2.75, 3.05) is 16.8 Å². The lowest BCUT2D eigenvalue weighted by Crippen LogP contribution is -2.49. The highest BCUT2D eigenvalue weighted by Gasteiger charge is 2.46. The largest absolute Gasteiger partial charge is 0.451 e. The van der Waals surface area contributed by atoms with Crippen LogP contribution in [0.3, 0.4) is 0 Å². The second-order valence-corrected chi connectivity index (χ2v) is 6.49. The van der Waals surface area contributed by atoms with Crippen LogP contribution in [0.5, 0.6) is 0 Å². The molecule has 0 unspecified atom stereocenters. The van der Waals surface area contributed by atoms with Crippen molar-refractivity contribution in [1.82, 2.24) is 9.59 Å². The minimum atomic E-state index is -5.01. The van der Waals surface area contributed by atoms with Crippen molar-refractivity contribution in [3.8, 4) is 0 Å². The number of benzene rings is 1. The standard InChI is InChI=1S/C15H10F6N6OS/c1-7-11(29-26-23-7)12(28)22-8-2-4-9(5-3-8)27-6-10(14(16,17)18)24-25-13(27)15(19,20)21/h2-5H,6H2,1H3,(H,22,28). The van der Waals surface area contributed by atoms with Gasteiger partial charge in [0, 0.05) is 11.4 Å². The zero-order valence-corrected chi connectivity index (χ0v) is 15.2. The summed E-state index contributed by atoms with van der Waals surface area (Å²) in [5.74, 6) is -2.10. The molecule has 0 aliphatic carbocycles. The maximum Gasteiger partial charge on any atom is 0.451 e. The van der Waals surface area contributed by atoms with Crippen molar-refractivity contribution in [3.05, 3.63) is 34.8 Å². The second-order valence-electron chi connectivity index (χ2n) is 5.74. The van der Waals surface area contributed by atoms with Gasteiger partial charge in [0.05, 0.1) is 12.2 Å². The van der Waals surface area contributed by atoms with Crippen LogP contribution in [-0.4, -0.2) is 45.9 Å². The van der Waals surface area contributed by atoms with Crippen molar-refractivity contribution >= 4 is 40.4 Å². The molecule has 1 aromatic heterocycles. The summed E-state index contributed by atoms with van der Waals surface area (Å²) in [7, 11) is 0. The van der Waals surface area contributed by atoms with Gasteiger partial charge in [-0.2, -0.15) is 26.3 Å². The maximum atomic E-state index is 13.2. The zero-order valence-electron chi connectivity index (χ0n) is 14.3. The molecule has 1 aliphatic heterocycles. The van der Waals surface area contributed by atoms with Gasteiger partial charge in [-0.05, 0) is 42.7 Å². The molecule has 3 rings (SSSR count). The predicted molar refractivity (Wildman–Crippen MR) is 93.4 cm³/mol. The number of rotatable bonds is 3. The highest BCUT2D eigenvalue weighted by Crippen LogP contribution is 2.30. The number of anilines is 2. The van der Waals surface area contributed by atoms with Crippen LogP contribution in [0.2, 0.25) is 0 Å². The Morgan fingerprint density at radius 1 is 1.07 bits per heavy atom. The van der Waals surface area contributed by atoms with Crippen LogP contribution in [0, 0.1) is 6.92 Å². The average Bonchev–Trinajstić information content (AvgIpc) is 3.06. The molecule has 2 heterocycles. The van der Waals surface area contributed by atoms with E-state index in [0.717, 1.165) is 23.7 Å². The lowest BCUT2D eigenvalue weighted by molar-refractivity contribution is -0.0650. The molecule has 29 heavy (non-hydrogen) atoms. The van der Waals surface area contributed by atoms with E-state index in [-0.39, 0.29) is 16.3 Å². The van der Waals surface area contributed by atoms with E-state index in [1.807, 2.05) is 0 Å². The number of aromatic nitrogens is 2. The first kappa shape index (κ1) is 20.7. The van der Waals surface area contributed by atoms with Gasteiger partial charge in [-0.3, -0.25) is 4.79 Å². The van der Waals surface area contributed by atoms with Gasteiger partial charge in [-0.1, -0.05) is 4.49 Å².